The maximum Gasteiger partial charge on any atom is 0.307 e. The van der Waals surface area contributed by atoms with Crippen LogP contribution in [0.2, 0.25) is 0 Å². The van der Waals surface area contributed by atoms with Gasteiger partial charge in [0, 0.05) is 20.7 Å². The number of carbonyl (C=O) groups is 1. The largest absolute Gasteiger partial charge is 0.469 e. The molecule has 0 radical (unpaired) electrons. The van der Waals surface area contributed by atoms with Gasteiger partial charge in [-0.05, 0) is 36.9 Å². The second kappa shape index (κ2) is 7.73. The van der Waals surface area contributed by atoms with Gasteiger partial charge < -0.3 is 10.1 Å². The molecule has 0 aliphatic rings. The van der Waals surface area contributed by atoms with Gasteiger partial charge in [-0.3, -0.25) is 4.79 Å². The average Bonchev–Trinajstić information content (AvgIpc) is 3.17. The first-order valence-electron chi connectivity index (χ1n) is 7.09. The summed E-state index contributed by atoms with van der Waals surface area (Å²) in [6.07, 6.45) is 1.42. The highest BCUT2D eigenvalue weighted by molar-refractivity contribution is 7.12. The summed E-state index contributed by atoms with van der Waals surface area (Å²) < 4.78 is 4.82. The van der Waals surface area contributed by atoms with Gasteiger partial charge in [-0.15, -0.1) is 22.7 Å². The maximum atomic E-state index is 11.6. The molecule has 2 aromatic heterocycles. The van der Waals surface area contributed by atoms with Crippen LogP contribution in [-0.4, -0.2) is 13.1 Å². The SMILES string of the molecule is CCc1ccc(C(C)NC(CC(=O)OC)c2cccs2)s1. The molecule has 3 nitrogen and oxygen atoms in total. The summed E-state index contributed by atoms with van der Waals surface area (Å²) in [6, 6.07) is 8.64. The van der Waals surface area contributed by atoms with Gasteiger partial charge in [-0.25, -0.2) is 0 Å². The van der Waals surface area contributed by atoms with Crippen molar-refractivity contribution in [2.24, 2.45) is 0 Å². The van der Waals surface area contributed by atoms with E-state index in [4.69, 9.17) is 4.74 Å². The van der Waals surface area contributed by atoms with E-state index in [-0.39, 0.29) is 18.1 Å². The molecule has 2 rings (SSSR count). The summed E-state index contributed by atoms with van der Waals surface area (Å²) in [6.45, 7) is 4.31. The first-order chi connectivity index (χ1) is 10.1. The molecule has 2 aromatic rings. The number of hydrogen-bond donors (Lipinski definition) is 1. The predicted octanol–water partition coefficient (Wildman–Crippen LogP) is 4.33. The Labute approximate surface area is 134 Å². The summed E-state index contributed by atoms with van der Waals surface area (Å²) in [5.41, 5.74) is 0. The molecule has 0 saturated carbocycles. The Kier molecular flexibility index (Phi) is 5.96. The molecular weight excluding hydrogens is 302 g/mol. The molecule has 0 aliphatic carbocycles. The number of nitrogens with one attached hydrogen (secondary N) is 1. The molecule has 1 N–H and O–H groups in total. The Morgan fingerprint density at radius 1 is 1.33 bits per heavy atom. The normalized spacial score (nSPS) is 13.9. The highest BCUT2D eigenvalue weighted by Crippen LogP contribution is 2.29. The summed E-state index contributed by atoms with van der Waals surface area (Å²) in [4.78, 5) is 15.5. The van der Waals surface area contributed by atoms with Crippen LogP contribution in [0.4, 0.5) is 0 Å². The third-order valence-electron chi connectivity index (χ3n) is 3.39. The van der Waals surface area contributed by atoms with Crippen molar-refractivity contribution in [3.8, 4) is 0 Å². The van der Waals surface area contributed by atoms with E-state index in [9.17, 15) is 4.79 Å². The Morgan fingerprint density at radius 3 is 2.71 bits per heavy atom. The number of aryl methyl sites for hydroxylation is 1. The lowest BCUT2D eigenvalue weighted by Gasteiger charge is -2.21. The van der Waals surface area contributed by atoms with E-state index in [0.29, 0.717) is 6.42 Å². The van der Waals surface area contributed by atoms with Crippen molar-refractivity contribution in [2.45, 2.75) is 38.8 Å². The van der Waals surface area contributed by atoms with Crippen molar-refractivity contribution >= 4 is 28.6 Å². The minimum Gasteiger partial charge on any atom is -0.469 e. The van der Waals surface area contributed by atoms with Crippen LogP contribution >= 0.6 is 22.7 Å². The van der Waals surface area contributed by atoms with Gasteiger partial charge >= 0.3 is 5.97 Å². The van der Waals surface area contributed by atoms with Gasteiger partial charge in [0.1, 0.15) is 0 Å². The Balaban J connectivity index is 2.08. The highest BCUT2D eigenvalue weighted by atomic mass is 32.1. The number of esters is 1. The topological polar surface area (TPSA) is 38.3 Å². The van der Waals surface area contributed by atoms with Crippen molar-refractivity contribution in [1.29, 1.82) is 0 Å². The fraction of sp³-hybridized carbons (Fsp3) is 0.438. The third kappa shape index (κ3) is 4.40. The van der Waals surface area contributed by atoms with E-state index in [2.05, 4.69) is 37.4 Å². The Morgan fingerprint density at radius 2 is 2.14 bits per heavy atom. The molecule has 0 spiro atoms. The van der Waals surface area contributed by atoms with E-state index in [1.165, 1.54) is 21.7 Å². The molecule has 0 aliphatic heterocycles. The zero-order valence-electron chi connectivity index (χ0n) is 12.6. The molecule has 0 saturated heterocycles. The van der Waals surface area contributed by atoms with Gasteiger partial charge in [0.2, 0.25) is 0 Å². The van der Waals surface area contributed by atoms with Gasteiger partial charge in [0.15, 0.2) is 0 Å². The summed E-state index contributed by atoms with van der Waals surface area (Å²) in [7, 11) is 1.43. The van der Waals surface area contributed by atoms with Crippen LogP contribution in [0.15, 0.2) is 29.6 Å². The zero-order chi connectivity index (χ0) is 15.2. The maximum absolute atomic E-state index is 11.6. The van der Waals surface area contributed by atoms with Crippen LogP contribution in [0.5, 0.6) is 0 Å². The molecule has 0 bridgehead atoms. The molecule has 114 valence electrons. The molecule has 21 heavy (non-hydrogen) atoms. The van der Waals surface area contributed by atoms with Crippen LogP contribution in [0.25, 0.3) is 0 Å². The molecule has 0 fully saturated rings. The van der Waals surface area contributed by atoms with Crippen LogP contribution in [0, 0.1) is 0 Å². The van der Waals surface area contributed by atoms with Gasteiger partial charge in [-0.2, -0.15) is 0 Å². The summed E-state index contributed by atoms with van der Waals surface area (Å²) in [5.74, 6) is -0.187. The lowest BCUT2D eigenvalue weighted by molar-refractivity contribution is -0.141. The standard InChI is InChI=1S/C16H21NO2S2/c1-4-12-7-8-14(21-12)11(2)17-13(10-16(18)19-3)15-6-5-9-20-15/h5-9,11,13,17H,4,10H2,1-3H3. The Hall–Kier alpha value is -1.17. The Bertz CT molecular complexity index is 563. The van der Waals surface area contributed by atoms with Gasteiger partial charge in [-0.1, -0.05) is 13.0 Å². The number of ether oxygens (including phenoxy) is 1. The van der Waals surface area contributed by atoms with Gasteiger partial charge in [0.05, 0.1) is 19.6 Å². The van der Waals surface area contributed by atoms with E-state index in [1.807, 2.05) is 22.8 Å². The minimum absolute atomic E-state index is 0.000346. The van der Waals surface area contributed by atoms with Crippen molar-refractivity contribution in [3.05, 3.63) is 44.3 Å². The monoisotopic (exact) mass is 323 g/mol. The van der Waals surface area contributed by atoms with Gasteiger partial charge in [0.25, 0.3) is 0 Å². The molecule has 2 atom stereocenters. The second-order valence-corrected chi connectivity index (χ2v) is 7.07. The molecule has 5 heteroatoms. The van der Waals surface area contributed by atoms with Crippen LogP contribution in [0.3, 0.4) is 0 Å². The van der Waals surface area contributed by atoms with Crippen molar-refractivity contribution < 1.29 is 9.53 Å². The number of methoxy groups -OCH3 is 1. The van der Waals surface area contributed by atoms with Crippen molar-refractivity contribution in [3.63, 3.8) is 0 Å². The van der Waals surface area contributed by atoms with E-state index < -0.39 is 0 Å². The average molecular weight is 323 g/mol. The van der Waals surface area contributed by atoms with E-state index in [1.54, 1.807) is 11.3 Å². The number of thiophene rings is 2. The lowest BCUT2D eigenvalue weighted by atomic mass is 10.1. The second-order valence-electron chi connectivity index (χ2n) is 4.89. The number of carbonyl (C=O) groups excluding carboxylic acids is 1. The first-order valence-corrected chi connectivity index (χ1v) is 8.78. The minimum atomic E-state index is -0.187. The highest BCUT2D eigenvalue weighted by Gasteiger charge is 2.20. The van der Waals surface area contributed by atoms with Crippen LogP contribution < -0.4 is 5.32 Å². The summed E-state index contributed by atoms with van der Waals surface area (Å²) >= 11 is 3.49. The number of rotatable bonds is 7. The third-order valence-corrected chi connectivity index (χ3v) is 5.79. The van der Waals surface area contributed by atoms with E-state index in [0.717, 1.165) is 6.42 Å². The van der Waals surface area contributed by atoms with Crippen molar-refractivity contribution in [2.75, 3.05) is 7.11 Å². The molecular formula is C16H21NO2S2. The fourth-order valence-corrected chi connectivity index (χ4v) is 3.93. The first kappa shape index (κ1) is 16.2. The molecule has 0 amide bonds. The molecule has 0 aromatic carbocycles. The summed E-state index contributed by atoms with van der Waals surface area (Å²) in [5, 5.41) is 5.59. The quantitative estimate of drug-likeness (QED) is 0.771. The number of hydrogen-bond acceptors (Lipinski definition) is 5. The van der Waals surface area contributed by atoms with Crippen LogP contribution in [-0.2, 0) is 16.0 Å². The zero-order valence-corrected chi connectivity index (χ0v) is 14.2. The predicted molar refractivity (Wildman–Crippen MR) is 88.9 cm³/mol. The smallest absolute Gasteiger partial charge is 0.307 e. The molecule has 2 unspecified atom stereocenters. The lowest BCUT2D eigenvalue weighted by Crippen LogP contribution is -2.26. The van der Waals surface area contributed by atoms with E-state index >= 15 is 0 Å². The van der Waals surface area contributed by atoms with Crippen molar-refractivity contribution in [1.82, 2.24) is 5.32 Å². The van der Waals surface area contributed by atoms with Crippen LogP contribution in [0.1, 0.15) is 47.0 Å². The fourth-order valence-electron chi connectivity index (χ4n) is 2.18. The molecule has 2 heterocycles.